The number of fused-ring (bicyclic) bond motifs is 1. The molecule has 0 unspecified atom stereocenters. The highest BCUT2D eigenvalue weighted by Gasteiger charge is 2.13. The van der Waals surface area contributed by atoms with Crippen LogP contribution in [0.1, 0.15) is 16.1 Å². The molecule has 0 saturated heterocycles. The summed E-state index contributed by atoms with van der Waals surface area (Å²) >= 11 is 7.59. The fraction of sp³-hybridized carbons (Fsp3) is 0. The number of thiazole rings is 1. The third-order valence-electron chi connectivity index (χ3n) is 5.09. The minimum atomic E-state index is -0.0492. The molecule has 0 bridgehead atoms. The van der Waals surface area contributed by atoms with E-state index in [4.69, 9.17) is 16.6 Å². The minimum Gasteiger partial charge on any atom is -0.290 e. The molecule has 150 valence electrons. The summed E-state index contributed by atoms with van der Waals surface area (Å²) in [5.41, 5.74) is 5.51. The van der Waals surface area contributed by atoms with Gasteiger partial charge in [-0.15, -0.1) is 11.3 Å². The predicted octanol–water partition coefficient (Wildman–Crippen LogP) is 7.28. The van der Waals surface area contributed by atoms with Crippen LogP contribution in [0.3, 0.4) is 0 Å². The average molecular weight is 441 g/mol. The van der Waals surface area contributed by atoms with Gasteiger partial charge in [-0.05, 0) is 35.4 Å². The van der Waals surface area contributed by atoms with Gasteiger partial charge in [0, 0.05) is 27.7 Å². The number of nitrogens with zero attached hydrogens (tertiary/aromatic N) is 2. The van der Waals surface area contributed by atoms with E-state index in [1.54, 1.807) is 17.4 Å². The van der Waals surface area contributed by atoms with Crippen LogP contribution >= 0.6 is 22.9 Å². The van der Waals surface area contributed by atoms with Crippen molar-refractivity contribution in [2.75, 3.05) is 0 Å². The summed E-state index contributed by atoms with van der Waals surface area (Å²) in [4.78, 5) is 18.4. The highest BCUT2D eigenvalue weighted by molar-refractivity contribution is 7.15. The van der Waals surface area contributed by atoms with Crippen molar-refractivity contribution in [3.05, 3.63) is 113 Å². The van der Waals surface area contributed by atoms with E-state index in [1.807, 2.05) is 88.8 Å². The number of aromatic nitrogens is 2. The number of imidazole rings is 1. The number of halogens is 1. The summed E-state index contributed by atoms with van der Waals surface area (Å²) in [6.45, 7) is 0. The van der Waals surface area contributed by atoms with Crippen LogP contribution < -0.4 is 0 Å². The molecule has 2 aromatic heterocycles. The summed E-state index contributed by atoms with van der Waals surface area (Å²) in [6, 6.07) is 25.4. The van der Waals surface area contributed by atoms with Crippen molar-refractivity contribution in [3.8, 4) is 22.4 Å². The molecule has 5 aromatic rings. The first-order valence-electron chi connectivity index (χ1n) is 9.78. The van der Waals surface area contributed by atoms with Crippen LogP contribution in [0.4, 0.5) is 0 Å². The molecule has 2 heterocycles. The number of carbonyl (C=O) groups is 1. The molecule has 3 aromatic carbocycles. The van der Waals surface area contributed by atoms with Gasteiger partial charge in [0.05, 0.1) is 11.4 Å². The van der Waals surface area contributed by atoms with Gasteiger partial charge in [-0.1, -0.05) is 78.3 Å². The Morgan fingerprint density at radius 3 is 2.29 bits per heavy atom. The molecule has 31 heavy (non-hydrogen) atoms. The monoisotopic (exact) mass is 440 g/mol. The third-order valence-corrected chi connectivity index (χ3v) is 6.09. The second-order valence-corrected chi connectivity index (χ2v) is 8.36. The van der Waals surface area contributed by atoms with Gasteiger partial charge in [-0.3, -0.25) is 9.20 Å². The molecule has 0 saturated carbocycles. The van der Waals surface area contributed by atoms with E-state index < -0.39 is 0 Å². The van der Waals surface area contributed by atoms with Crippen LogP contribution in [0.2, 0.25) is 5.02 Å². The molecule has 5 rings (SSSR count). The summed E-state index contributed by atoms with van der Waals surface area (Å²) in [6.07, 6.45) is 5.41. The lowest BCUT2D eigenvalue weighted by Crippen LogP contribution is -1.94. The molecule has 3 nitrogen and oxygen atoms in total. The highest BCUT2D eigenvalue weighted by Crippen LogP contribution is 2.29. The Hall–Kier alpha value is -3.47. The molecular weight excluding hydrogens is 424 g/mol. The van der Waals surface area contributed by atoms with Gasteiger partial charge in [-0.2, -0.15) is 0 Å². The zero-order valence-corrected chi connectivity index (χ0v) is 18.0. The number of rotatable bonds is 5. The van der Waals surface area contributed by atoms with E-state index in [9.17, 15) is 4.79 Å². The van der Waals surface area contributed by atoms with Crippen LogP contribution in [0.5, 0.6) is 0 Å². The van der Waals surface area contributed by atoms with Crippen LogP contribution in [0, 0.1) is 0 Å². The van der Waals surface area contributed by atoms with Gasteiger partial charge in [0.2, 0.25) is 0 Å². The molecule has 0 N–H and O–H groups in total. The summed E-state index contributed by atoms with van der Waals surface area (Å²) in [7, 11) is 0. The Bertz CT molecular complexity index is 1380. The van der Waals surface area contributed by atoms with E-state index >= 15 is 0 Å². The normalized spacial score (nSPS) is 11.4. The topological polar surface area (TPSA) is 34.4 Å². The van der Waals surface area contributed by atoms with Gasteiger partial charge < -0.3 is 0 Å². The molecule has 0 aliphatic carbocycles. The number of benzene rings is 3. The standard InChI is InChI=1S/C26H17ClN2OS/c27-22-12-10-21(11-13-22)25-23(29-16-17-31-26(29)28-25)14-15-24(30)20-8-6-19(7-9-20)18-4-2-1-3-5-18/h1-17H/b15-14+. The van der Waals surface area contributed by atoms with Gasteiger partial charge in [-0.25, -0.2) is 4.98 Å². The van der Waals surface area contributed by atoms with Crippen molar-refractivity contribution in [1.82, 2.24) is 9.38 Å². The van der Waals surface area contributed by atoms with E-state index in [1.165, 1.54) is 0 Å². The summed E-state index contributed by atoms with van der Waals surface area (Å²) in [5, 5.41) is 2.66. The van der Waals surface area contributed by atoms with Crippen LogP contribution in [0.25, 0.3) is 33.4 Å². The van der Waals surface area contributed by atoms with E-state index in [2.05, 4.69) is 12.1 Å². The average Bonchev–Trinajstić information content (AvgIpc) is 3.40. The Morgan fingerprint density at radius 2 is 1.55 bits per heavy atom. The first kappa shape index (κ1) is 19.5. The molecule has 0 atom stereocenters. The molecule has 0 amide bonds. The van der Waals surface area contributed by atoms with E-state index in [0.717, 1.165) is 33.0 Å². The van der Waals surface area contributed by atoms with Gasteiger partial charge >= 0.3 is 0 Å². The largest absolute Gasteiger partial charge is 0.290 e. The van der Waals surface area contributed by atoms with Crippen LogP contribution in [-0.4, -0.2) is 15.2 Å². The maximum absolute atomic E-state index is 12.8. The lowest BCUT2D eigenvalue weighted by Gasteiger charge is -2.03. The van der Waals surface area contributed by atoms with Gasteiger partial charge in [0.25, 0.3) is 0 Å². The Balaban J connectivity index is 1.45. The van der Waals surface area contributed by atoms with E-state index in [0.29, 0.717) is 10.6 Å². The molecule has 0 radical (unpaired) electrons. The maximum atomic E-state index is 12.8. The zero-order valence-electron chi connectivity index (χ0n) is 16.4. The van der Waals surface area contributed by atoms with Crippen molar-refractivity contribution in [1.29, 1.82) is 0 Å². The molecule has 0 aliphatic heterocycles. The molecule has 5 heteroatoms. The molecule has 0 fully saturated rings. The number of allylic oxidation sites excluding steroid dienone is 1. The second kappa shape index (κ2) is 8.34. The number of ketones is 1. The third kappa shape index (κ3) is 3.96. The van der Waals surface area contributed by atoms with Crippen molar-refractivity contribution in [2.24, 2.45) is 0 Å². The molecular formula is C26H17ClN2OS. The molecule has 0 spiro atoms. The number of hydrogen-bond donors (Lipinski definition) is 0. The highest BCUT2D eigenvalue weighted by atomic mass is 35.5. The fourth-order valence-corrected chi connectivity index (χ4v) is 4.34. The van der Waals surface area contributed by atoms with Crippen molar-refractivity contribution in [3.63, 3.8) is 0 Å². The second-order valence-electron chi connectivity index (χ2n) is 7.05. The quantitative estimate of drug-likeness (QED) is 0.212. The van der Waals surface area contributed by atoms with Crippen molar-refractivity contribution >= 4 is 39.8 Å². The van der Waals surface area contributed by atoms with Gasteiger partial charge in [0.1, 0.15) is 0 Å². The van der Waals surface area contributed by atoms with E-state index in [-0.39, 0.29) is 5.78 Å². The van der Waals surface area contributed by atoms with Gasteiger partial charge in [0.15, 0.2) is 10.7 Å². The zero-order chi connectivity index (χ0) is 21.2. The Morgan fingerprint density at radius 1 is 0.871 bits per heavy atom. The lowest BCUT2D eigenvalue weighted by molar-refractivity contribution is 0.104. The fourth-order valence-electron chi connectivity index (χ4n) is 3.49. The minimum absolute atomic E-state index is 0.0492. The maximum Gasteiger partial charge on any atom is 0.194 e. The first-order valence-corrected chi connectivity index (χ1v) is 11.0. The first-order chi connectivity index (χ1) is 15.2. The molecule has 0 aliphatic rings. The number of hydrogen-bond acceptors (Lipinski definition) is 3. The smallest absolute Gasteiger partial charge is 0.194 e. The summed E-state index contributed by atoms with van der Waals surface area (Å²) < 4.78 is 2.00. The summed E-state index contributed by atoms with van der Waals surface area (Å²) in [5.74, 6) is -0.0492. The SMILES string of the molecule is O=C(/C=C/c1c(-c2ccc(Cl)cc2)nc2sccn12)c1ccc(-c2ccccc2)cc1. The van der Waals surface area contributed by atoms with Crippen molar-refractivity contribution in [2.45, 2.75) is 0 Å². The van der Waals surface area contributed by atoms with Crippen LogP contribution in [0.15, 0.2) is 96.5 Å². The number of carbonyl (C=O) groups excluding carboxylic acids is 1. The lowest BCUT2D eigenvalue weighted by atomic mass is 10.0. The Labute approximate surface area is 188 Å². The predicted molar refractivity (Wildman–Crippen MR) is 129 cm³/mol. The van der Waals surface area contributed by atoms with Crippen LogP contribution in [-0.2, 0) is 0 Å². The van der Waals surface area contributed by atoms with Crippen molar-refractivity contribution < 1.29 is 4.79 Å². The Kier molecular flexibility index (Phi) is 5.24.